The number of carbonyl (C=O) groups is 2. The average Bonchev–Trinajstić information content (AvgIpc) is 2.49. The van der Waals surface area contributed by atoms with E-state index in [-0.39, 0.29) is 12.5 Å². The number of carboxylic acids is 1. The smallest absolute Gasteiger partial charge is 0.311 e. The molecule has 21 heavy (non-hydrogen) atoms. The van der Waals surface area contributed by atoms with Crippen LogP contribution in [0.2, 0.25) is 0 Å². The molecule has 5 nitrogen and oxygen atoms in total. The van der Waals surface area contributed by atoms with Crippen molar-refractivity contribution in [1.29, 1.82) is 0 Å². The first-order chi connectivity index (χ1) is 9.89. The minimum atomic E-state index is -0.815. The number of aryl methyl sites for hydroxylation is 1. The van der Waals surface area contributed by atoms with Crippen LogP contribution >= 0.6 is 0 Å². The molecule has 0 radical (unpaired) electrons. The normalized spacial score (nSPS) is 22.1. The molecule has 1 amide bonds. The topological polar surface area (TPSA) is 83.6 Å². The van der Waals surface area contributed by atoms with Gasteiger partial charge in [-0.05, 0) is 43.9 Å². The van der Waals surface area contributed by atoms with Crippen LogP contribution in [0.4, 0.5) is 5.69 Å². The number of carboxylic acid groups (broad SMARTS) is 1. The molecule has 0 bridgehead atoms. The number of aliphatic carboxylic acids is 1. The molecule has 1 aliphatic heterocycles. The molecular formula is C16H22N2O3. The third-order valence-electron chi connectivity index (χ3n) is 4.52. The van der Waals surface area contributed by atoms with Gasteiger partial charge < -0.3 is 15.7 Å². The standard InChI is InChI=1S/C16H22N2O3/c1-3-16(15(20)21)7-4-8-18(10-16)14(19)12-6-5-11(2)13(17)9-12/h5-6,9H,3-4,7-8,10,17H2,1-2H3,(H,20,21). The summed E-state index contributed by atoms with van der Waals surface area (Å²) in [5.41, 5.74) is 7.07. The fraction of sp³-hybridized carbons (Fsp3) is 0.500. The number of carbonyl (C=O) groups excluding carboxylic acids is 1. The van der Waals surface area contributed by atoms with Gasteiger partial charge in [-0.2, -0.15) is 0 Å². The first-order valence-corrected chi connectivity index (χ1v) is 7.28. The third-order valence-corrected chi connectivity index (χ3v) is 4.52. The summed E-state index contributed by atoms with van der Waals surface area (Å²) in [5, 5.41) is 9.48. The Kier molecular flexibility index (Phi) is 4.21. The van der Waals surface area contributed by atoms with Crippen molar-refractivity contribution in [3.63, 3.8) is 0 Å². The maximum atomic E-state index is 12.6. The molecule has 0 aromatic heterocycles. The van der Waals surface area contributed by atoms with Crippen LogP contribution in [-0.2, 0) is 4.79 Å². The zero-order valence-corrected chi connectivity index (χ0v) is 12.6. The number of hydrogen-bond acceptors (Lipinski definition) is 3. The zero-order valence-electron chi connectivity index (χ0n) is 12.6. The molecule has 114 valence electrons. The molecule has 5 heteroatoms. The summed E-state index contributed by atoms with van der Waals surface area (Å²) in [7, 11) is 0. The molecule has 1 fully saturated rings. The lowest BCUT2D eigenvalue weighted by atomic mass is 9.77. The summed E-state index contributed by atoms with van der Waals surface area (Å²) in [5.74, 6) is -0.952. The van der Waals surface area contributed by atoms with Crippen molar-refractivity contribution in [2.24, 2.45) is 5.41 Å². The summed E-state index contributed by atoms with van der Waals surface area (Å²) in [6, 6.07) is 5.23. The van der Waals surface area contributed by atoms with Crippen molar-refractivity contribution in [3.05, 3.63) is 29.3 Å². The van der Waals surface area contributed by atoms with E-state index >= 15 is 0 Å². The SMILES string of the molecule is CCC1(C(=O)O)CCCN(C(=O)c2ccc(C)c(N)c2)C1. The molecule has 1 unspecified atom stereocenters. The maximum absolute atomic E-state index is 12.6. The average molecular weight is 290 g/mol. The van der Waals surface area contributed by atoms with Gasteiger partial charge in [0, 0.05) is 24.3 Å². The van der Waals surface area contributed by atoms with Crippen molar-refractivity contribution in [2.75, 3.05) is 18.8 Å². The number of piperidine rings is 1. The summed E-state index contributed by atoms with van der Waals surface area (Å²) in [6.07, 6.45) is 1.87. The second-order valence-corrected chi connectivity index (χ2v) is 5.84. The minimum Gasteiger partial charge on any atom is -0.481 e. The van der Waals surface area contributed by atoms with Crippen LogP contribution < -0.4 is 5.73 Å². The van der Waals surface area contributed by atoms with Crippen molar-refractivity contribution < 1.29 is 14.7 Å². The number of likely N-dealkylation sites (tertiary alicyclic amines) is 1. The molecule has 0 aliphatic carbocycles. The van der Waals surface area contributed by atoms with Crippen LogP contribution in [0.1, 0.15) is 42.1 Å². The molecule has 0 saturated carbocycles. The first-order valence-electron chi connectivity index (χ1n) is 7.28. The lowest BCUT2D eigenvalue weighted by molar-refractivity contribution is -0.152. The molecule has 1 saturated heterocycles. The molecule has 1 aromatic carbocycles. The van der Waals surface area contributed by atoms with E-state index in [1.165, 1.54) is 0 Å². The van der Waals surface area contributed by atoms with E-state index < -0.39 is 11.4 Å². The Bertz CT molecular complexity index is 571. The molecule has 0 spiro atoms. The highest BCUT2D eigenvalue weighted by molar-refractivity contribution is 5.95. The fourth-order valence-electron chi connectivity index (χ4n) is 2.88. The van der Waals surface area contributed by atoms with Gasteiger partial charge in [0.25, 0.3) is 5.91 Å². The maximum Gasteiger partial charge on any atom is 0.311 e. The van der Waals surface area contributed by atoms with Gasteiger partial charge in [-0.3, -0.25) is 9.59 Å². The molecule has 1 aliphatic rings. The van der Waals surface area contributed by atoms with Crippen LogP contribution in [0.3, 0.4) is 0 Å². The van der Waals surface area contributed by atoms with Crippen LogP contribution in [0.15, 0.2) is 18.2 Å². The fourth-order valence-corrected chi connectivity index (χ4v) is 2.88. The van der Waals surface area contributed by atoms with Gasteiger partial charge in [-0.25, -0.2) is 0 Å². The first kappa shape index (κ1) is 15.4. The Hall–Kier alpha value is -2.04. The van der Waals surface area contributed by atoms with Crippen molar-refractivity contribution in [2.45, 2.75) is 33.1 Å². The van der Waals surface area contributed by atoms with Gasteiger partial charge in [0.1, 0.15) is 0 Å². The molecule has 1 atom stereocenters. The van der Waals surface area contributed by atoms with E-state index in [0.29, 0.717) is 37.1 Å². The molecule has 2 rings (SSSR count). The molecule has 1 aromatic rings. The van der Waals surface area contributed by atoms with Crippen molar-refractivity contribution >= 4 is 17.6 Å². The van der Waals surface area contributed by atoms with Gasteiger partial charge in [-0.15, -0.1) is 0 Å². The Morgan fingerprint density at radius 2 is 2.14 bits per heavy atom. The number of nitrogens with two attached hydrogens (primary N) is 1. The Morgan fingerprint density at radius 1 is 1.43 bits per heavy atom. The predicted octanol–water partition coefficient (Wildman–Crippen LogP) is 2.29. The van der Waals surface area contributed by atoms with Crippen molar-refractivity contribution in [1.82, 2.24) is 4.90 Å². The van der Waals surface area contributed by atoms with Gasteiger partial charge in [-0.1, -0.05) is 13.0 Å². The lowest BCUT2D eigenvalue weighted by Crippen LogP contribution is -2.49. The quantitative estimate of drug-likeness (QED) is 0.837. The highest BCUT2D eigenvalue weighted by Crippen LogP contribution is 2.34. The monoisotopic (exact) mass is 290 g/mol. The van der Waals surface area contributed by atoms with E-state index in [4.69, 9.17) is 5.73 Å². The number of hydrogen-bond donors (Lipinski definition) is 2. The molecule has 3 N–H and O–H groups in total. The molecular weight excluding hydrogens is 268 g/mol. The van der Waals surface area contributed by atoms with Gasteiger partial charge in [0.2, 0.25) is 0 Å². The third kappa shape index (κ3) is 2.86. The van der Waals surface area contributed by atoms with E-state index in [1.807, 2.05) is 19.9 Å². The van der Waals surface area contributed by atoms with Gasteiger partial charge in [0.05, 0.1) is 5.41 Å². The minimum absolute atomic E-state index is 0.138. The zero-order chi connectivity index (χ0) is 15.6. The number of nitrogen functional groups attached to an aromatic ring is 1. The van der Waals surface area contributed by atoms with E-state index in [1.54, 1.807) is 17.0 Å². The second kappa shape index (κ2) is 5.76. The number of nitrogens with zero attached hydrogens (tertiary/aromatic N) is 1. The van der Waals surface area contributed by atoms with E-state index in [0.717, 1.165) is 5.56 Å². The van der Waals surface area contributed by atoms with Crippen LogP contribution in [0.25, 0.3) is 0 Å². The summed E-state index contributed by atoms with van der Waals surface area (Å²) >= 11 is 0. The highest BCUT2D eigenvalue weighted by Gasteiger charge is 2.42. The number of rotatable bonds is 3. The lowest BCUT2D eigenvalue weighted by Gasteiger charge is -2.39. The Labute approximate surface area is 124 Å². The van der Waals surface area contributed by atoms with Gasteiger partial charge >= 0.3 is 5.97 Å². The highest BCUT2D eigenvalue weighted by atomic mass is 16.4. The largest absolute Gasteiger partial charge is 0.481 e. The van der Waals surface area contributed by atoms with Crippen LogP contribution in [0.5, 0.6) is 0 Å². The van der Waals surface area contributed by atoms with E-state index in [2.05, 4.69) is 0 Å². The Morgan fingerprint density at radius 3 is 2.71 bits per heavy atom. The summed E-state index contributed by atoms with van der Waals surface area (Å²) < 4.78 is 0. The molecule has 1 heterocycles. The van der Waals surface area contributed by atoms with Gasteiger partial charge in [0.15, 0.2) is 0 Å². The number of benzene rings is 1. The predicted molar refractivity (Wildman–Crippen MR) is 81.1 cm³/mol. The van der Waals surface area contributed by atoms with Crippen LogP contribution in [-0.4, -0.2) is 35.0 Å². The van der Waals surface area contributed by atoms with Crippen LogP contribution in [0, 0.1) is 12.3 Å². The summed E-state index contributed by atoms with van der Waals surface area (Å²) in [6.45, 7) is 4.62. The summed E-state index contributed by atoms with van der Waals surface area (Å²) in [4.78, 5) is 25.8. The second-order valence-electron chi connectivity index (χ2n) is 5.84. The Balaban J connectivity index is 2.22. The number of amides is 1. The number of anilines is 1. The van der Waals surface area contributed by atoms with E-state index in [9.17, 15) is 14.7 Å². The van der Waals surface area contributed by atoms with Crippen molar-refractivity contribution in [3.8, 4) is 0 Å².